The normalized spacial score (nSPS) is 10.1. The van der Waals surface area contributed by atoms with Gasteiger partial charge in [0, 0.05) is 11.8 Å². The van der Waals surface area contributed by atoms with E-state index in [1.54, 1.807) is 31.2 Å². The molecule has 0 unspecified atom stereocenters. The summed E-state index contributed by atoms with van der Waals surface area (Å²) in [6, 6.07) is 9.24. The first kappa shape index (κ1) is 16.6. The largest absolute Gasteiger partial charge is 0.496 e. The number of methoxy groups -OCH3 is 2. The molecule has 0 fully saturated rings. The fourth-order valence-electron chi connectivity index (χ4n) is 2.12. The number of halogens is 1. The van der Waals surface area contributed by atoms with E-state index in [9.17, 15) is 9.18 Å². The molecule has 0 aromatic heterocycles. The van der Waals surface area contributed by atoms with Gasteiger partial charge in [0.15, 0.2) is 11.6 Å². The van der Waals surface area contributed by atoms with Crippen molar-refractivity contribution in [1.29, 1.82) is 0 Å². The molecule has 0 atom stereocenters. The van der Waals surface area contributed by atoms with E-state index in [2.05, 4.69) is 5.32 Å². The second-order valence-electron chi connectivity index (χ2n) is 4.57. The minimum Gasteiger partial charge on any atom is -0.496 e. The van der Waals surface area contributed by atoms with Gasteiger partial charge in [-0.2, -0.15) is 0 Å². The highest BCUT2D eigenvalue weighted by Gasteiger charge is 2.18. The van der Waals surface area contributed by atoms with Crippen LogP contribution in [0, 0.1) is 5.82 Å². The molecule has 0 saturated carbocycles. The van der Waals surface area contributed by atoms with Gasteiger partial charge in [-0.3, -0.25) is 4.79 Å². The molecule has 6 heteroatoms. The summed E-state index contributed by atoms with van der Waals surface area (Å²) in [5, 5.41) is 2.62. The van der Waals surface area contributed by atoms with Gasteiger partial charge < -0.3 is 19.5 Å². The third-order valence-electron chi connectivity index (χ3n) is 3.14. The fourth-order valence-corrected chi connectivity index (χ4v) is 2.12. The highest BCUT2D eigenvalue weighted by molar-refractivity contribution is 6.08. The number of amides is 1. The Kier molecular flexibility index (Phi) is 5.41. The smallest absolute Gasteiger partial charge is 0.263 e. The number of anilines is 1. The molecule has 5 nitrogen and oxygen atoms in total. The zero-order chi connectivity index (χ0) is 16.8. The van der Waals surface area contributed by atoms with Crippen LogP contribution in [0.4, 0.5) is 10.1 Å². The van der Waals surface area contributed by atoms with Crippen molar-refractivity contribution >= 4 is 11.6 Å². The molecule has 0 bridgehead atoms. The molecule has 0 heterocycles. The maximum atomic E-state index is 13.9. The van der Waals surface area contributed by atoms with E-state index >= 15 is 0 Å². The van der Waals surface area contributed by atoms with Crippen LogP contribution in [0.15, 0.2) is 36.4 Å². The summed E-state index contributed by atoms with van der Waals surface area (Å²) in [5.41, 5.74) is 0.552. The average molecular weight is 319 g/mol. The maximum absolute atomic E-state index is 13.9. The maximum Gasteiger partial charge on any atom is 0.263 e. The summed E-state index contributed by atoms with van der Waals surface area (Å²) in [6.45, 7) is 2.13. The van der Waals surface area contributed by atoms with Crippen LogP contribution in [0.25, 0.3) is 0 Å². The van der Waals surface area contributed by atoms with Crippen LogP contribution in [-0.2, 0) is 0 Å². The highest BCUT2D eigenvalue weighted by Crippen LogP contribution is 2.29. The highest BCUT2D eigenvalue weighted by atomic mass is 19.1. The lowest BCUT2D eigenvalue weighted by Gasteiger charge is -2.13. The molecule has 122 valence electrons. The number of hydrogen-bond donors (Lipinski definition) is 1. The topological polar surface area (TPSA) is 56.8 Å². The van der Waals surface area contributed by atoms with Crippen molar-refractivity contribution in [2.24, 2.45) is 0 Å². The Morgan fingerprint density at radius 2 is 1.74 bits per heavy atom. The molecule has 0 spiro atoms. The summed E-state index contributed by atoms with van der Waals surface area (Å²) < 4.78 is 29.4. The quantitative estimate of drug-likeness (QED) is 0.885. The van der Waals surface area contributed by atoms with E-state index in [0.29, 0.717) is 23.8 Å². The number of ether oxygens (including phenoxy) is 3. The van der Waals surface area contributed by atoms with Crippen molar-refractivity contribution in [3.05, 3.63) is 47.8 Å². The van der Waals surface area contributed by atoms with E-state index in [-0.39, 0.29) is 11.3 Å². The van der Waals surface area contributed by atoms with Gasteiger partial charge in [0.05, 0.1) is 20.8 Å². The first-order valence-electron chi connectivity index (χ1n) is 7.05. The summed E-state index contributed by atoms with van der Waals surface area (Å²) in [6.07, 6.45) is 0. The van der Waals surface area contributed by atoms with Crippen molar-refractivity contribution in [3.63, 3.8) is 0 Å². The van der Waals surface area contributed by atoms with Gasteiger partial charge in [-0.1, -0.05) is 6.07 Å². The van der Waals surface area contributed by atoms with Crippen LogP contribution in [0.1, 0.15) is 17.3 Å². The Morgan fingerprint density at radius 3 is 2.26 bits per heavy atom. The molecule has 1 amide bonds. The zero-order valence-corrected chi connectivity index (χ0v) is 13.2. The molecule has 23 heavy (non-hydrogen) atoms. The predicted octanol–water partition coefficient (Wildman–Crippen LogP) is 3.49. The first-order chi connectivity index (χ1) is 11.1. The zero-order valence-electron chi connectivity index (χ0n) is 13.2. The molecule has 0 aliphatic carbocycles. The summed E-state index contributed by atoms with van der Waals surface area (Å²) >= 11 is 0. The molecular formula is C17H18FNO4. The van der Waals surface area contributed by atoms with Crippen molar-refractivity contribution in [1.82, 2.24) is 0 Å². The van der Waals surface area contributed by atoms with E-state index in [1.165, 1.54) is 26.4 Å². The van der Waals surface area contributed by atoms with Gasteiger partial charge in [-0.15, -0.1) is 0 Å². The number of carbonyl (C=O) groups excluding carboxylic acids is 1. The van der Waals surface area contributed by atoms with Crippen LogP contribution >= 0.6 is 0 Å². The van der Waals surface area contributed by atoms with Crippen LogP contribution in [0.2, 0.25) is 0 Å². The van der Waals surface area contributed by atoms with Gasteiger partial charge in [-0.25, -0.2) is 4.39 Å². The molecule has 1 N–H and O–H groups in total. The van der Waals surface area contributed by atoms with E-state index in [0.717, 1.165) is 0 Å². The average Bonchev–Trinajstić information content (AvgIpc) is 2.56. The van der Waals surface area contributed by atoms with E-state index in [1.807, 2.05) is 0 Å². The Bertz CT molecular complexity index is 681. The summed E-state index contributed by atoms with van der Waals surface area (Å²) in [5.74, 6) is -0.124. The van der Waals surface area contributed by atoms with Crippen molar-refractivity contribution in [2.75, 3.05) is 26.1 Å². The lowest BCUT2D eigenvalue weighted by Crippen LogP contribution is -2.14. The van der Waals surface area contributed by atoms with Gasteiger partial charge in [0.2, 0.25) is 0 Å². The summed E-state index contributed by atoms with van der Waals surface area (Å²) in [7, 11) is 2.92. The molecule has 0 saturated heterocycles. The monoisotopic (exact) mass is 319 g/mol. The lowest BCUT2D eigenvalue weighted by atomic mass is 10.1. The fraction of sp³-hybridized carbons (Fsp3) is 0.235. The van der Waals surface area contributed by atoms with Crippen LogP contribution in [0.3, 0.4) is 0 Å². The Hall–Kier alpha value is -2.76. The molecule has 0 aliphatic heterocycles. The number of benzene rings is 2. The molecule has 2 rings (SSSR count). The number of rotatable bonds is 6. The van der Waals surface area contributed by atoms with Crippen molar-refractivity contribution in [3.8, 4) is 17.2 Å². The van der Waals surface area contributed by atoms with Crippen molar-refractivity contribution < 1.29 is 23.4 Å². The molecule has 0 radical (unpaired) electrons. The summed E-state index contributed by atoms with van der Waals surface area (Å²) in [4.78, 5) is 12.5. The van der Waals surface area contributed by atoms with Crippen LogP contribution in [0.5, 0.6) is 17.2 Å². The Morgan fingerprint density at radius 1 is 1.09 bits per heavy atom. The Labute approximate surface area is 134 Å². The number of carbonyl (C=O) groups is 1. The van der Waals surface area contributed by atoms with E-state index < -0.39 is 11.7 Å². The first-order valence-corrected chi connectivity index (χ1v) is 7.05. The van der Waals surface area contributed by atoms with Crippen LogP contribution < -0.4 is 19.5 Å². The van der Waals surface area contributed by atoms with Crippen LogP contribution in [-0.4, -0.2) is 26.7 Å². The van der Waals surface area contributed by atoms with Gasteiger partial charge in [0.1, 0.15) is 17.1 Å². The number of hydrogen-bond acceptors (Lipinski definition) is 4. The van der Waals surface area contributed by atoms with Gasteiger partial charge in [0.25, 0.3) is 5.91 Å². The third-order valence-corrected chi connectivity index (χ3v) is 3.14. The van der Waals surface area contributed by atoms with Gasteiger partial charge in [-0.05, 0) is 31.2 Å². The van der Waals surface area contributed by atoms with E-state index in [4.69, 9.17) is 14.2 Å². The van der Waals surface area contributed by atoms with Crippen molar-refractivity contribution in [2.45, 2.75) is 6.92 Å². The Balaban J connectivity index is 2.27. The second-order valence-corrected chi connectivity index (χ2v) is 4.57. The second kappa shape index (κ2) is 7.49. The molecule has 2 aromatic carbocycles. The minimum atomic E-state index is -0.545. The predicted molar refractivity (Wildman–Crippen MR) is 85.1 cm³/mol. The number of nitrogens with one attached hydrogen (secondary N) is 1. The molecule has 2 aromatic rings. The lowest BCUT2D eigenvalue weighted by molar-refractivity contribution is 0.102. The standard InChI is InChI=1S/C17H18FNO4/c1-4-23-13-9-8-11(10-12(13)18)19-17(20)16-14(21-2)6-5-7-15(16)22-3/h5-10H,4H2,1-3H3,(H,19,20). The minimum absolute atomic E-state index is 0.139. The molecule has 0 aliphatic rings. The van der Waals surface area contributed by atoms with Gasteiger partial charge >= 0.3 is 0 Å². The SMILES string of the molecule is CCOc1ccc(NC(=O)c2c(OC)cccc2OC)cc1F. The molecular weight excluding hydrogens is 301 g/mol. The third kappa shape index (κ3) is 3.71.